The van der Waals surface area contributed by atoms with Gasteiger partial charge in [-0.05, 0) is 70.8 Å². The van der Waals surface area contributed by atoms with Crippen molar-refractivity contribution in [2.75, 3.05) is 24.3 Å². The van der Waals surface area contributed by atoms with Gasteiger partial charge in [0.15, 0.2) is 11.6 Å². The number of fused-ring (bicyclic) bond motifs is 2. The van der Waals surface area contributed by atoms with E-state index in [0.29, 0.717) is 44.9 Å². The second kappa shape index (κ2) is 21.0. The Morgan fingerprint density at radius 1 is 0.610 bits per heavy atom. The van der Waals surface area contributed by atoms with E-state index in [1.165, 1.54) is 12.7 Å². The van der Waals surface area contributed by atoms with Crippen LogP contribution in [0.1, 0.15) is 39.0 Å². The van der Waals surface area contributed by atoms with Gasteiger partial charge in [0.25, 0.3) is 0 Å². The molecule has 0 amide bonds. The number of rotatable bonds is 9. The second-order valence-electron chi connectivity index (χ2n) is 12.7. The first kappa shape index (κ1) is 43.9. The third-order valence-corrected chi connectivity index (χ3v) is 8.97. The number of Topliss-reactive ketones (excluding diaryl/α,β-unsaturated/α-hetero) is 2. The number of carbonyl (C=O) groups is 2. The van der Waals surface area contributed by atoms with Gasteiger partial charge in [-0.3, -0.25) is 19.6 Å². The number of aromatic nitrogens is 6. The molecule has 0 fully saturated rings. The van der Waals surface area contributed by atoms with Crippen molar-refractivity contribution in [1.82, 2.24) is 29.9 Å². The van der Waals surface area contributed by atoms with Crippen LogP contribution in [0.4, 0.5) is 11.6 Å². The predicted molar refractivity (Wildman–Crippen MR) is 229 cm³/mol. The Morgan fingerprint density at radius 3 is 1.49 bits per heavy atom. The fourth-order valence-electron chi connectivity index (χ4n) is 6.21. The first-order valence-electron chi connectivity index (χ1n) is 18.2. The molecule has 0 saturated carbocycles. The maximum atomic E-state index is 12.5. The summed E-state index contributed by atoms with van der Waals surface area (Å²) in [6.45, 7) is 1.94. The third kappa shape index (κ3) is 10.6. The Morgan fingerprint density at radius 2 is 1.05 bits per heavy atom. The smallest absolute Gasteiger partial charge is 0.793 e. The van der Waals surface area contributed by atoms with Gasteiger partial charge in [0.05, 0.1) is 30.7 Å². The van der Waals surface area contributed by atoms with Crippen LogP contribution in [0.25, 0.3) is 44.1 Å². The molecule has 59 heavy (non-hydrogen) atoms. The first-order valence-corrected chi connectivity index (χ1v) is 18.7. The van der Waals surface area contributed by atoms with E-state index in [-0.39, 0.29) is 59.7 Å². The normalized spacial score (nSPS) is 10.4. The van der Waals surface area contributed by atoms with Crippen LogP contribution in [-0.4, -0.2) is 59.4 Å². The summed E-state index contributed by atoms with van der Waals surface area (Å²) in [5.74, 6) is 2.21. The van der Waals surface area contributed by atoms with Crippen LogP contribution in [0.15, 0.2) is 134 Å². The van der Waals surface area contributed by atoms with E-state index >= 15 is 0 Å². The number of ether oxygens (including phenoxy) is 1. The Kier molecular flexibility index (Phi) is 15.6. The van der Waals surface area contributed by atoms with Crippen LogP contribution in [-0.2, 0) is 25.5 Å². The molecule has 0 saturated heterocycles. The van der Waals surface area contributed by atoms with Crippen molar-refractivity contribution >= 4 is 57.6 Å². The van der Waals surface area contributed by atoms with Crippen molar-refractivity contribution in [3.8, 4) is 33.8 Å². The van der Waals surface area contributed by atoms with E-state index in [1.807, 2.05) is 91.9 Å². The maximum absolute atomic E-state index is 12.5. The maximum Gasteiger partial charge on any atom is 1.00 e. The summed E-state index contributed by atoms with van der Waals surface area (Å²) in [7, 11) is 1.59. The molecule has 12 nitrogen and oxygen atoms in total. The number of pyridine rings is 2. The number of benzene rings is 4. The molecule has 4 aromatic carbocycles. The molecule has 4 aromatic heterocycles. The molecule has 4 heterocycles. The van der Waals surface area contributed by atoms with Crippen molar-refractivity contribution in [3.05, 3.63) is 157 Å². The molecule has 8 aromatic rings. The monoisotopic (exact) mass is 810 g/mol. The van der Waals surface area contributed by atoms with Gasteiger partial charge in [-0.2, -0.15) is 5.75 Å². The van der Waals surface area contributed by atoms with Crippen LogP contribution >= 0.6 is 0 Å². The molecule has 14 heteroatoms. The molecule has 0 unspecified atom stereocenters. The summed E-state index contributed by atoms with van der Waals surface area (Å²) in [5, 5.41) is 11.3. The molecule has 0 aliphatic carbocycles. The second-order valence-corrected chi connectivity index (χ2v) is 13.3. The fraction of sp³-hybridized carbons (Fsp3) is 0.111. The number of hydrogen-bond donors (Lipinski definition) is 3. The number of phenolic OH excluding ortho intramolecular Hbond substituents is 1. The summed E-state index contributed by atoms with van der Waals surface area (Å²) >= 11 is 4.39. The Balaban J connectivity index is 0.000000207. The van der Waals surface area contributed by atoms with Crippen LogP contribution in [0, 0.1) is 0 Å². The minimum atomic E-state index is -0.00124. The first-order chi connectivity index (χ1) is 28.2. The van der Waals surface area contributed by atoms with Gasteiger partial charge in [-0.1, -0.05) is 67.6 Å². The predicted octanol–water partition coefficient (Wildman–Crippen LogP) is 4.67. The Bertz CT molecular complexity index is 2670. The molecule has 0 atom stereocenters. The summed E-state index contributed by atoms with van der Waals surface area (Å²) in [6, 6.07) is 32.9. The summed E-state index contributed by atoms with van der Waals surface area (Å²) in [4.78, 5) is 49.9. The number of anilines is 2. The van der Waals surface area contributed by atoms with Gasteiger partial charge in [-0.25, -0.2) is 19.9 Å². The molecule has 0 aliphatic heterocycles. The topological polar surface area (TPSA) is 193 Å². The van der Waals surface area contributed by atoms with Crippen LogP contribution in [0.3, 0.4) is 0 Å². The van der Waals surface area contributed by atoms with E-state index < -0.39 is 0 Å². The van der Waals surface area contributed by atoms with Crippen LogP contribution in [0.5, 0.6) is 11.5 Å². The quantitative estimate of drug-likeness (QED) is 0.104. The molecular weight excluding hydrogens is 772 g/mol. The van der Waals surface area contributed by atoms with E-state index in [2.05, 4.69) is 42.5 Å². The number of nitrogen functional groups attached to an aromatic ring is 2. The number of phenols is 1. The van der Waals surface area contributed by atoms with Crippen molar-refractivity contribution in [2.24, 2.45) is 0 Å². The number of nitrogens with two attached hydrogens (primary N) is 2. The van der Waals surface area contributed by atoms with Gasteiger partial charge < -0.3 is 33.9 Å². The van der Waals surface area contributed by atoms with Crippen LogP contribution in [0.2, 0.25) is 0 Å². The van der Waals surface area contributed by atoms with E-state index in [0.717, 1.165) is 44.8 Å². The zero-order valence-electron chi connectivity index (χ0n) is 32.7. The fourth-order valence-corrected chi connectivity index (χ4v) is 6.21. The average Bonchev–Trinajstić information content (AvgIpc) is 3.25. The molecule has 0 spiro atoms. The molecule has 290 valence electrons. The largest absolute Gasteiger partial charge is 1.00 e. The number of nitrogens with zero attached hydrogens (tertiary/aromatic N) is 6. The summed E-state index contributed by atoms with van der Waals surface area (Å²) in [5.41, 5.74) is 19.4. The summed E-state index contributed by atoms with van der Waals surface area (Å²) < 4.78 is 5.38. The zero-order valence-corrected chi connectivity index (χ0v) is 35.6. The number of aromatic hydroxyl groups is 1. The standard InChI is InChI=1S/C22H18N4O2.C21H16N4O2.C2H6S.Na/c1-28-19-10-9-17(20-21(19)25-13-26-22(20)23)14-5-7-15(8-6-14)18(27)12-16-4-2-3-11-24-16;22-21-19-16(8-9-17(26)20(19)24-12-25-21)13-4-6-14(7-5-13)18(27)11-15-3-1-2-10-23-15;1-2-3;/h2-11,13H,12H2,1H3,(H2,23,25,26);1-10,12,26H,11H2,(H2,22,24,25);3H,2H2,1H3;/q;;;+1/p-1. The average molecular weight is 811 g/mol. The van der Waals surface area contributed by atoms with Gasteiger partial charge in [0.2, 0.25) is 0 Å². The summed E-state index contributed by atoms with van der Waals surface area (Å²) in [6.07, 6.45) is 6.63. The molecule has 8 rings (SSSR count). The van der Waals surface area contributed by atoms with Crippen molar-refractivity contribution in [1.29, 1.82) is 0 Å². The van der Waals surface area contributed by atoms with E-state index in [1.54, 1.807) is 43.8 Å². The van der Waals surface area contributed by atoms with E-state index in [4.69, 9.17) is 16.2 Å². The minimum Gasteiger partial charge on any atom is -0.793 e. The third-order valence-electron chi connectivity index (χ3n) is 8.97. The molecule has 5 N–H and O–H groups in total. The molecule has 0 radical (unpaired) electrons. The Hall–Kier alpha value is -6.25. The van der Waals surface area contributed by atoms with Gasteiger partial charge in [0.1, 0.15) is 46.8 Å². The van der Waals surface area contributed by atoms with Crippen LogP contribution < -0.4 is 45.8 Å². The molecular formula is C45H39N8NaO4S. The minimum absolute atomic E-state index is 0. The van der Waals surface area contributed by atoms with Crippen molar-refractivity contribution in [3.63, 3.8) is 0 Å². The van der Waals surface area contributed by atoms with Crippen molar-refractivity contribution in [2.45, 2.75) is 19.8 Å². The van der Waals surface area contributed by atoms with Gasteiger partial charge in [-0.15, -0.1) is 0 Å². The SMILES string of the molecule is CC[S-].COc1ccc(-c2ccc(C(=O)Cc3ccccn3)cc2)c2c(N)ncnc12.Nc1ncnc2c(O)ccc(-c3ccc(C(=O)Cc4ccccn4)cc3)c12.[Na+]. The number of methoxy groups -OCH3 is 1. The van der Waals surface area contributed by atoms with Crippen molar-refractivity contribution < 1.29 is 49.0 Å². The Labute approximate surface area is 368 Å². The molecule has 0 aliphatic rings. The number of ketones is 2. The van der Waals surface area contributed by atoms with E-state index in [9.17, 15) is 14.7 Å². The van der Waals surface area contributed by atoms with Gasteiger partial charge >= 0.3 is 29.6 Å². The zero-order chi connectivity index (χ0) is 41.0. The number of hydrogen-bond acceptors (Lipinski definition) is 13. The van der Waals surface area contributed by atoms with Gasteiger partial charge in [0, 0.05) is 34.9 Å². The number of carbonyl (C=O) groups excluding carboxylic acids is 2. The molecule has 0 bridgehead atoms.